The first kappa shape index (κ1) is 21.0. The van der Waals surface area contributed by atoms with Gasteiger partial charge in [-0.05, 0) is 48.5 Å². The molecule has 0 saturated heterocycles. The molecule has 0 aliphatic heterocycles. The first-order valence-electron chi connectivity index (χ1n) is 8.29. The summed E-state index contributed by atoms with van der Waals surface area (Å²) in [5.41, 5.74) is 3.63. The number of carbonyl (C=O) groups is 2. The summed E-state index contributed by atoms with van der Waals surface area (Å²) in [5, 5.41) is 4.56. The van der Waals surface area contributed by atoms with Gasteiger partial charge in [0.25, 0.3) is 5.91 Å². The highest BCUT2D eigenvalue weighted by atomic mass is 79.9. The van der Waals surface area contributed by atoms with Gasteiger partial charge in [-0.25, -0.2) is 10.2 Å². The lowest BCUT2D eigenvalue weighted by molar-refractivity contribution is 0.0734. The third-order valence-electron chi connectivity index (χ3n) is 3.74. The summed E-state index contributed by atoms with van der Waals surface area (Å²) < 4.78 is 6.22. The Bertz CT molecular complexity index is 1090. The molecule has 0 unspecified atom stereocenters. The minimum Gasteiger partial charge on any atom is -0.422 e. The minimum atomic E-state index is -0.498. The summed E-state index contributed by atoms with van der Waals surface area (Å²) >= 11 is 15.1. The Morgan fingerprint density at radius 1 is 0.931 bits per heavy atom. The number of halogens is 3. The number of hydrazone groups is 1. The van der Waals surface area contributed by atoms with Crippen molar-refractivity contribution in [2.24, 2.45) is 5.10 Å². The lowest BCUT2D eigenvalue weighted by atomic mass is 10.2. The molecule has 0 aromatic heterocycles. The predicted octanol–water partition coefficient (Wildman–Crippen LogP) is 5.74. The van der Waals surface area contributed by atoms with E-state index in [0.29, 0.717) is 27.5 Å². The molecule has 0 radical (unpaired) electrons. The van der Waals surface area contributed by atoms with Crippen LogP contribution in [-0.4, -0.2) is 18.1 Å². The first-order valence-corrected chi connectivity index (χ1v) is 9.84. The quantitative estimate of drug-likeness (QED) is 0.214. The SMILES string of the molecule is O=C(N/N=C/c1cc(Br)ccc1OC(=O)c1ccccc1)c1ccc(Cl)c(Cl)c1. The molecule has 8 heteroatoms. The van der Waals surface area contributed by atoms with Crippen molar-refractivity contribution in [2.75, 3.05) is 0 Å². The molecule has 29 heavy (non-hydrogen) atoms. The van der Waals surface area contributed by atoms with Gasteiger partial charge in [-0.1, -0.05) is 57.3 Å². The number of nitrogens with zero attached hydrogens (tertiary/aromatic N) is 1. The molecule has 0 saturated carbocycles. The molecule has 0 spiro atoms. The van der Waals surface area contributed by atoms with Crippen LogP contribution in [0.1, 0.15) is 26.3 Å². The highest BCUT2D eigenvalue weighted by Crippen LogP contribution is 2.24. The van der Waals surface area contributed by atoms with Crippen molar-refractivity contribution in [3.8, 4) is 5.75 Å². The lowest BCUT2D eigenvalue weighted by Gasteiger charge is -2.08. The van der Waals surface area contributed by atoms with Gasteiger partial charge in [-0.3, -0.25) is 4.79 Å². The number of benzene rings is 3. The molecule has 3 rings (SSSR count). The number of rotatable bonds is 5. The second-order valence-corrected chi connectivity index (χ2v) is 7.50. The van der Waals surface area contributed by atoms with Gasteiger partial charge < -0.3 is 4.74 Å². The molecule has 3 aromatic carbocycles. The molecular formula is C21H13BrCl2N2O3. The van der Waals surface area contributed by atoms with Gasteiger partial charge in [0.2, 0.25) is 0 Å². The molecule has 0 aliphatic rings. The highest BCUT2D eigenvalue weighted by molar-refractivity contribution is 9.10. The summed E-state index contributed by atoms with van der Waals surface area (Å²) in [4.78, 5) is 24.5. The lowest BCUT2D eigenvalue weighted by Crippen LogP contribution is -2.17. The normalized spacial score (nSPS) is 10.7. The predicted molar refractivity (Wildman–Crippen MR) is 117 cm³/mol. The van der Waals surface area contributed by atoms with E-state index >= 15 is 0 Å². The molecule has 0 bridgehead atoms. The maximum atomic E-state index is 12.3. The van der Waals surface area contributed by atoms with E-state index in [1.54, 1.807) is 42.5 Å². The minimum absolute atomic E-state index is 0.269. The standard InChI is InChI=1S/C21H13BrCl2N2O3/c22-16-7-9-19(29-21(28)13-4-2-1-3-5-13)15(10-16)12-25-26-20(27)14-6-8-17(23)18(24)11-14/h1-12H,(H,26,27)/b25-12+. The van der Waals surface area contributed by atoms with E-state index in [0.717, 1.165) is 4.47 Å². The Kier molecular flexibility index (Phi) is 7.04. The maximum absolute atomic E-state index is 12.3. The van der Waals surface area contributed by atoms with Crippen molar-refractivity contribution in [2.45, 2.75) is 0 Å². The summed E-state index contributed by atoms with van der Waals surface area (Å²) in [7, 11) is 0. The van der Waals surface area contributed by atoms with Gasteiger partial charge in [-0.2, -0.15) is 5.10 Å². The van der Waals surface area contributed by atoms with Crippen molar-refractivity contribution in [1.82, 2.24) is 5.43 Å². The largest absolute Gasteiger partial charge is 0.422 e. The molecule has 1 N–H and O–H groups in total. The van der Waals surface area contributed by atoms with Crippen LogP contribution in [-0.2, 0) is 0 Å². The third-order valence-corrected chi connectivity index (χ3v) is 4.97. The van der Waals surface area contributed by atoms with Crippen molar-refractivity contribution < 1.29 is 14.3 Å². The van der Waals surface area contributed by atoms with E-state index in [9.17, 15) is 9.59 Å². The van der Waals surface area contributed by atoms with Crippen LogP contribution in [0.15, 0.2) is 76.3 Å². The number of amides is 1. The second kappa shape index (κ2) is 9.69. The van der Waals surface area contributed by atoms with Crippen LogP contribution in [0.2, 0.25) is 10.0 Å². The number of hydrogen-bond acceptors (Lipinski definition) is 4. The van der Waals surface area contributed by atoms with E-state index in [1.807, 2.05) is 6.07 Å². The van der Waals surface area contributed by atoms with E-state index in [2.05, 4.69) is 26.5 Å². The summed E-state index contributed by atoms with van der Waals surface area (Å²) in [6, 6.07) is 18.2. The Labute approximate surface area is 185 Å². The van der Waals surface area contributed by atoms with Gasteiger partial charge >= 0.3 is 5.97 Å². The fourth-order valence-electron chi connectivity index (χ4n) is 2.31. The van der Waals surface area contributed by atoms with Crippen molar-refractivity contribution >= 4 is 57.2 Å². The summed E-state index contributed by atoms with van der Waals surface area (Å²) in [5.74, 6) is -0.658. The van der Waals surface area contributed by atoms with Crippen LogP contribution in [0.25, 0.3) is 0 Å². The molecule has 5 nitrogen and oxygen atoms in total. The van der Waals surface area contributed by atoms with Crippen LogP contribution in [0.4, 0.5) is 0 Å². The van der Waals surface area contributed by atoms with Crippen LogP contribution in [0.3, 0.4) is 0 Å². The van der Waals surface area contributed by atoms with E-state index < -0.39 is 11.9 Å². The highest BCUT2D eigenvalue weighted by Gasteiger charge is 2.12. The topological polar surface area (TPSA) is 67.8 Å². The number of nitrogens with one attached hydrogen (secondary N) is 1. The molecule has 3 aromatic rings. The Morgan fingerprint density at radius 2 is 1.69 bits per heavy atom. The third kappa shape index (κ3) is 5.67. The van der Waals surface area contributed by atoms with Crippen LogP contribution >= 0.6 is 39.1 Å². The van der Waals surface area contributed by atoms with Gasteiger partial charge in [-0.15, -0.1) is 0 Å². The van der Waals surface area contributed by atoms with Crippen LogP contribution < -0.4 is 10.2 Å². The van der Waals surface area contributed by atoms with E-state index in [1.165, 1.54) is 24.4 Å². The summed E-state index contributed by atoms with van der Waals surface area (Å²) in [6.07, 6.45) is 1.38. The summed E-state index contributed by atoms with van der Waals surface area (Å²) in [6.45, 7) is 0. The molecule has 0 fully saturated rings. The van der Waals surface area contributed by atoms with Gasteiger partial charge in [0.1, 0.15) is 5.75 Å². The van der Waals surface area contributed by atoms with E-state index in [-0.39, 0.29) is 5.02 Å². The molecule has 1 amide bonds. The Morgan fingerprint density at radius 3 is 2.41 bits per heavy atom. The maximum Gasteiger partial charge on any atom is 0.343 e. The van der Waals surface area contributed by atoms with Gasteiger partial charge in [0, 0.05) is 15.6 Å². The number of esters is 1. The van der Waals surface area contributed by atoms with Gasteiger partial charge in [0.15, 0.2) is 0 Å². The Balaban J connectivity index is 1.74. The van der Waals surface area contributed by atoms with Crippen molar-refractivity contribution in [3.63, 3.8) is 0 Å². The van der Waals surface area contributed by atoms with Crippen LogP contribution in [0, 0.1) is 0 Å². The van der Waals surface area contributed by atoms with Crippen molar-refractivity contribution in [1.29, 1.82) is 0 Å². The molecule has 0 atom stereocenters. The fraction of sp³-hybridized carbons (Fsp3) is 0. The second-order valence-electron chi connectivity index (χ2n) is 5.77. The van der Waals surface area contributed by atoms with Crippen LogP contribution in [0.5, 0.6) is 5.75 Å². The average molecular weight is 492 g/mol. The zero-order chi connectivity index (χ0) is 20.8. The molecule has 0 heterocycles. The van der Waals surface area contributed by atoms with Gasteiger partial charge in [0.05, 0.1) is 21.8 Å². The molecular weight excluding hydrogens is 479 g/mol. The number of ether oxygens (including phenoxy) is 1. The fourth-order valence-corrected chi connectivity index (χ4v) is 2.99. The smallest absolute Gasteiger partial charge is 0.343 e. The molecule has 146 valence electrons. The number of hydrogen-bond donors (Lipinski definition) is 1. The van der Waals surface area contributed by atoms with E-state index in [4.69, 9.17) is 27.9 Å². The monoisotopic (exact) mass is 490 g/mol. The molecule has 0 aliphatic carbocycles. The van der Waals surface area contributed by atoms with Crippen molar-refractivity contribution in [3.05, 3.63) is 97.9 Å². The first-order chi connectivity index (χ1) is 13.9. The zero-order valence-electron chi connectivity index (χ0n) is 14.7. The zero-order valence-corrected chi connectivity index (χ0v) is 17.8. The average Bonchev–Trinajstić information content (AvgIpc) is 2.72. The Hall–Kier alpha value is -2.67. The number of carbonyl (C=O) groups excluding carboxylic acids is 2.